The lowest BCUT2D eigenvalue weighted by molar-refractivity contribution is 0.0837. The fraction of sp³-hybridized carbons (Fsp3) is 0.524. The van der Waals surface area contributed by atoms with Gasteiger partial charge in [-0.25, -0.2) is 14.2 Å². The Kier molecular flexibility index (Phi) is 5.96. The van der Waals surface area contributed by atoms with E-state index in [0.29, 0.717) is 42.5 Å². The molecule has 0 spiro atoms. The van der Waals surface area contributed by atoms with Crippen molar-refractivity contribution in [2.24, 2.45) is 5.92 Å². The number of aromatic nitrogens is 3. The van der Waals surface area contributed by atoms with Crippen molar-refractivity contribution >= 4 is 17.4 Å². The third-order valence-electron chi connectivity index (χ3n) is 5.99. The molecular weight excluding hydrogens is 392 g/mol. The van der Waals surface area contributed by atoms with E-state index in [-0.39, 0.29) is 17.4 Å². The van der Waals surface area contributed by atoms with Gasteiger partial charge in [-0.3, -0.25) is 9.36 Å². The number of hydrogen-bond donors (Lipinski definition) is 0. The molecule has 0 N–H and O–H groups in total. The van der Waals surface area contributed by atoms with E-state index >= 15 is 0 Å². The van der Waals surface area contributed by atoms with Crippen LogP contribution in [0.5, 0.6) is 0 Å². The third-order valence-corrected chi connectivity index (χ3v) is 6.24. The van der Waals surface area contributed by atoms with Gasteiger partial charge in [-0.15, -0.1) is 0 Å². The average Bonchev–Trinajstić information content (AvgIpc) is 2.74. The molecule has 1 fully saturated rings. The SMILES string of the molecule is O=C(c1ccc(Cl)cc1)C1CCN(CCn2c(=O)nc3n(c2=O)CCCC3)CC1. The van der Waals surface area contributed by atoms with Crippen molar-refractivity contribution in [3.63, 3.8) is 0 Å². The summed E-state index contributed by atoms with van der Waals surface area (Å²) in [6, 6.07) is 7.04. The number of rotatable bonds is 5. The maximum atomic E-state index is 12.7. The number of piperidine rings is 1. The van der Waals surface area contributed by atoms with Gasteiger partial charge in [0.25, 0.3) is 0 Å². The summed E-state index contributed by atoms with van der Waals surface area (Å²) >= 11 is 5.90. The van der Waals surface area contributed by atoms with Crippen LogP contribution >= 0.6 is 11.6 Å². The lowest BCUT2D eigenvalue weighted by Gasteiger charge is -2.31. The highest BCUT2D eigenvalue weighted by atomic mass is 35.5. The second-order valence-electron chi connectivity index (χ2n) is 7.84. The molecule has 4 rings (SSSR count). The summed E-state index contributed by atoms with van der Waals surface area (Å²) in [7, 11) is 0. The van der Waals surface area contributed by atoms with E-state index < -0.39 is 5.69 Å². The molecule has 0 bridgehead atoms. The zero-order chi connectivity index (χ0) is 20.4. The summed E-state index contributed by atoms with van der Waals surface area (Å²) in [5, 5.41) is 0.624. The second-order valence-corrected chi connectivity index (χ2v) is 8.28. The molecule has 2 aromatic rings. The quantitative estimate of drug-likeness (QED) is 0.696. The molecule has 0 saturated carbocycles. The molecule has 7 nitrogen and oxygen atoms in total. The van der Waals surface area contributed by atoms with Gasteiger partial charge in [0.05, 0.1) is 0 Å². The van der Waals surface area contributed by atoms with Crippen LogP contribution in [0.25, 0.3) is 0 Å². The first kappa shape index (κ1) is 20.0. The van der Waals surface area contributed by atoms with E-state index in [9.17, 15) is 14.4 Å². The number of fused-ring (bicyclic) bond motifs is 1. The van der Waals surface area contributed by atoms with E-state index in [1.807, 2.05) is 0 Å². The van der Waals surface area contributed by atoms with Crippen molar-refractivity contribution in [3.8, 4) is 0 Å². The van der Waals surface area contributed by atoms with E-state index in [2.05, 4.69) is 9.88 Å². The zero-order valence-corrected chi connectivity index (χ0v) is 17.1. The Bertz CT molecular complexity index is 1000. The minimum Gasteiger partial charge on any atom is -0.302 e. The highest BCUT2D eigenvalue weighted by Crippen LogP contribution is 2.22. The molecular formula is C21H25ClN4O3. The van der Waals surface area contributed by atoms with Crippen LogP contribution in [0.3, 0.4) is 0 Å². The van der Waals surface area contributed by atoms with E-state index in [1.165, 1.54) is 4.57 Å². The lowest BCUT2D eigenvalue weighted by Crippen LogP contribution is -2.47. The van der Waals surface area contributed by atoms with Gasteiger partial charge < -0.3 is 4.90 Å². The number of ketones is 1. The van der Waals surface area contributed by atoms with Gasteiger partial charge in [-0.05, 0) is 63.0 Å². The standard InChI is InChI=1S/C21H25ClN4O3/c22-17-6-4-15(5-7-17)19(27)16-8-11-24(12-9-16)13-14-26-20(28)23-18-3-1-2-10-25(18)21(26)29/h4-7,16H,1-3,8-14H2. The van der Waals surface area contributed by atoms with Crippen LogP contribution in [0, 0.1) is 5.92 Å². The summed E-state index contributed by atoms with van der Waals surface area (Å²) in [5.41, 5.74) is 0.0102. The Morgan fingerprint density at radius 2 is 1.76 bits per heavy atom. The minimum atomic E-state index is -0.448. The minimum absolute atomic E-state index is 0.00573. The monoisotopic (exact) mass is 416 g/mol. The zero-order valence-electron chi connectivity index (χ0n) is 16.3. The number of hydrogen-bond acceptors (Lipinski definition) is 5. The van der Waals surface area contributed by atoms with Crippen LogP contribution in [0.1, 0.15) is 41.9 Å². The highest BCUT2D eigenvalue weighted by Gasteiger charge is 2.26. The van der Waals surface area contributed by atoms with Crippen LogP contribution in [0.4, 0.5) is 0 Å². The fourth-order valence-corrected chi connectivity index (χ4v) is 4.36. The molecule has 154 valence electrons. The molecule has 8 heteroatoms. The predicted molar refractivity (Wildman–Crippen MR) is 111 cm³/mol. The molecule has 0 aliphatic carbocycles. The Morgan fingerprint density at radius 3 is 2.48 bits per heavy atom. The average molecular weight is 417 g/mol. The second kappa shape index (κ2) is 8.63. The Hall–Kier alpha value is -2.25. The third kappa shape index (κ3) is 4.36. The van der Waals surface area contributed by atoms with Gasteiger partial charge in [0.15, 0.2) is 5.78 Å². The molecule has 3 heterocycles. The van der Waals surface area contributed by atoms with Gasteiger partial charge in [0.1, 0.15) is 5.82 Å². The predicted octanol–water partition coefficient (Wildman–Crippen LogP) is 1.99. The van der Waals surface area contributed by atoms with Crippen molar-refractivity contribution < 1.29 is 4.79 Å². The van der Waals surface area contributed by atoms with Crippen LogP contribution in [-0.4, -0.2) is 44.4 Å². The van der Waals surface area contributed by atoms with E-state index in [0.717, 1.165) is 38.8 Å². The molecule has 2 aliphatic heterocycles. The van der Waals surface area contributed by atoms with Gasteiger partial charge >= 0.3 is 11.4 Å². The molecule has 0 amide bonds. The summed E-state index contributed by atoms with van der Waals surface area (Å²) in [6.07, 6.45) is 4.16. The number of Topliss-reactive ketones (excluding diaryl/α,β-unsaturated/α-hetero) is 1. The van der Waals surface area contributed by atoms with Crippen molar-refractivity contribution in [2.45, 2.75) is 45.2 Å². The maximum absolute atomic E-state index is 12.7. The molecule has 0 atom stereocenters. The lowest BCUT2D eigenvalue weighted by atomic mass is 9.89. The smallest absolute Gasteiger partial charge is 0.302 e. The Balaban J connectivity index is 1.35. The van der Waals surface area contributed by atoms with Crippen LogP contribution in [0.15, 0.2) is 33.9 Å². The van der Waals surface area contributed by atoms with Crippen LogP contribution in [-0.2, 0) is 19.5 Å². The highest BCUT2D eigenvalue weighted by molar-refractivity contribution is 6.30. The molecule has 1 saturated heterocycles. The number of nitrogens with zero attached hydrogens (tertiary/aromatic N) is 4. The van der Waals surface area contributed by atoms with Gasteiger partial charge in [-0.1, -0.05) is 11.6 Å². The van der Waals surface area contributed by atoms with Gasteiger partial charge in [0.2, 0.25) is 0 Å². The molecule has 0 radical (unpaired) electrons. The number of likely N-dealkylation sites (tertiary alicyclic amines) is 1. The van der Waals surface area contributed by atoms with Crippen molar-refractivity contribution in [1.29, 1.82) is 0 Å². The molecule has 1 aromatic carbocycles. The summed E-state index contributed by atoms with van der Waals surface area (Å²) in [5.74, 6) is 0.782. The fourth-order valence-electron chi connectivity index (χ4n) is 4.24. The Labute approximate surface area is 173 Å². The van der Waals surface area contributed by atoms with Crippen LogP contribution < -0.4 is 11.4 Å². The molecule has 2 aliphatic rings. The van der Waals surface area contributed by atoms with Gasteiger partial charge in [-0.2, -0.15) is 4.98 Å². The summed E-state index contributed by atoms with van der Waals surface area (Å²) < 4.78 is 2.89. The number of carbonyl (C=O) groups excluding carboxylic acids is 1. The van der Waals surface area contributed by atoms with E-state index in [4.69, 9.17) is 11.6 Å². The topological polar surface area (TPSA) is 77.2 Å². The number of halogens is 1. The maximum Gasteiger partial charge on any atom is 0.353 e. The number of carbonyl (C=O) groups is 1. The molecule has 0 unspecified atom stereocenters. The number of benzene rings is 1. The van der Waals surface area contributed by atoms with Crippen molar-refractivity contribution in [3.05, 3.63) is 61.6 Å². The first-order chi connectivity index (χ1) is 14.0. The first-order valence-electron chi connectivity index (χ1n) is 10.3. The van der Waals surface area contributed by atoms with Crippen molar-refractivity contribution in [2.75, 3.05) is 19.6 Å². The Morgan fingerprint density at radius 1 is 1.03 bits per heavy atom. The first-order valence-corrected chi connectivity index (χ1v) is 10.6. The summed E-state index contributed by atoms with van der Waals surface area (Å²) in [6.45, 7) is 3.13. The van der Waals surface area contributed by atoms with Crippen LogP contribution in [0.2, 0.25) is 5.02 Å². The summed E-state index contributed by atoms with van der Waals surface area (Å²) in [4.78, 5) is 43.9. The van der Waals surface area contributed by atoms with Crippen molar-refractivity contribution in [1.82, 2.24) is 19.0 Å². The molecule has 29 heavy (non-hydrogen) atoms. The molecule has 1 aromatic heterocycles. The number of aryl methyl sites for hydroxylation is 1. The van der Waals surface area contributed by atoms with E-state index in [1.54, 1.807) is 28.8 Å². The normalized spacial score (nSPS) is 17.8. The largest absolute Gasteiger partial charge is 0.353 e. The van der Waals surface area contributed by atoms with Gasteiger partial charge in [0, 0.05) is 42.6 Å².